The lowest BCUT2D eigenvalue weighted by Gasteiger charge is -2.35. The number of aromatic carboxylic acids is 1. The van der Waals surface area contributed by atoms with Crippen LogP contribution in [0, 0.1) is 5.82 Å². The Morgan fingerprint density at radius 1 is 1.39 bits per heavy atom. The van der Waals surface area contributed by atoms with E-state index in [2.05, 4.69) is 11.9 Å². The van der Waals surface area contributed by atoms with E-state index in [0.29, 0.717) is 35.4 Å². The van der Waals surface area contributed by atoms with Gasteiger partial charge in [0.2, 0.25) is 5.43 Å². The van der Waals surface area contributed by atoms with Gasteiger partial charge in [-0.2, -0.15) is 0 Å². The molecule has 1 aromatic heterocycles. The molecule has 2 aliphatic rings. The van der Waals surface area contributed by atoms with Crippen LogP contribution in [-0.2, 0) is 0 Å². The number of nitrogens with zero attached hydrogens (tertiary/aromatic N) is 2. The molecule has 1 aliphatic heterocycles. The molecule has 1 saturated heterocycles. The van der Waals surface area contributed by atoms with Crippen LogP contribution in [0.15, 0.2) is 23.6 Å². The maximum Gasteiger partial charge on any atom is 0.341 e. The molecule has 2 heterocycles. The molecule has 1 saturated carbocycles. The zero-order valence-electron chi connectivity index (χ0n) is 16.1. The van der Waals surface area contributed by atoms with Crippen molar-refractivity contribution in [3.8, 4) is 0 Å². The van der Waals surface area contributed by atoms with Crippen LogP contribution in [0.5, 0.6) is 0 Å². The van der Waals surface area contributed by atoms with Crippen molar-refractivity contribution in [1.82, 2.24) is 9.88 Å². The molecule has 0 bridgehead atoms. The Morgan fingerprint density at radius 3 is 2.68 bits per heavy atom. The normalized spacial score (nSPS) is 19.8. The molecule has 1 aliphatic carbocycles. The Morgan fingerprint density at radius 2 is 2.11 bits per heavy atom. The van der Waals surface area contributed by atoms with Crippen LogP contribution in [-0.4, -0.2) is 41.3 Å². The number of nitrogens with one attached hydrogen (secondary N) is 1. The van der Waals surface area contributed by atoms with Gasteiger partial charge in [-0.25, -0.2) is 9.18 Å². The van der Waals surface area contributed by atoms with E-state index in [4.69, 9.17) is 0 Å². The number of halogens is 1. The third kappa shape index (κ3) is 2.99. The van der Waals surface area contributed by atoms with Gasteiger partial charge in [0.15, 0.2) is 0 Å². The minimum atomic E-state index is -1.29. The third-order valence-corrected chi connectivity index (χ3v) is 5.52. The highest BCUT2D eigenvalue weighted by molar-refractivity contribution is 6.00. The number of aromatic nitrogens is 1. The Kier molecular flexibility index (Phi) is 4.50. The summed E-state index contributed by atoms with van der Waals surface area (Å²) in [5.41, 5.74) is 1.32. The minimum Gasteiger partial charge on any atom is -0.477 e. The van der Waals surface area contributed by atoms with Crippen molar-refractivity contribution >= 4 is 28.1 Å². The molecule has 2 aromatic rings. The molecule has 7 heteroatoms. The number of carbonyl (C=O) groups is 1. The van der Waals surface area contributed by atoms with Crippen LogP contribution in [0.1, 0.15) is 48.7 Å². The summed E-state index contributed by atoms with van der Waals surface area (Å²) in [4.78, 5) is 26.4. The van der Waals surface area contributed by atoms with E-state index in [1.165, 1.54) is 12.3 Å². The largest absolute Gasteiger partial charge is 0.477 e. The lowest BCUT2D eigenvalue weighted by molar-refractivity contribution is 0.0695. The van der Waals surface area contributed by atoms with Gasteiger partial charge >= 0.3 is 5.97 Å². The van der Waals surface area contributed by atoms with Gasteiger partial charge in [0.1, 0.15) is 11.4 Å². The third-order valence-electron chi connectivity index (χ3n) is 5.52. The SMILES string of the molecule is C=C(C)c1c(N2CCNC(C)C2)c(F)cc2c(=O)c(C(=O)O)cn(C3CC3)c12. The number of piperazine rings is 1. The van der Waals surface area contributed by atoms with Crippen molar-refractivity contribution in [1.29, 1.82) is 0 Å². The monoisotopic (exact) mass is 385 g/mol. The summed E-state index contributed by atoms with van der Waals surface area (Å²) in [7, 11) is 0. The highest BCUT2D eigenvalue weighted by Gasteiger charge is 2.31. The minimum absolute atomic E-state index is 0.106. The summed E-state index contributed by atoms with van der Waals surface area (Å²) < 4.78 is 17.2. The van der Waals surface area contributed by atoms with Gasteiger partial charge in [-0.15, -0.1) is 0 Å². The lowest BCUT2D eigenvalue weighted by Crippen LogP contribution is -2.49. The predicted octanol–water partition coefficient (Wildman–Crippen LogP) is 3.00. The van der Waals surface area contributed by atoms with Gasteiger partial charge in [0, 0.05) is 43.5 Å². The van der Waals surface area contributed by atoms with Crippen molar-refractivity contribution in [2.24, 2.45) is 0 Å². The first-order chi connectivity index (χ1) is 13.3. The van der Waals surface area contributed by atoms with Crippen LogP contribution < -0.4 is 15.6 Å². The zero-order valence-corrected chi connectivity index (χ0v) is 16.1. The molecule has 148 valence electrons. The molecule has 0 spiro atoms. The van der Waals surface area contributed by atoms with E-state index in [9.17, 15) is 14.7 Å². The van der Waals surface area contributed by atoms with Crippen molar-refractivity contribution in [3.05, 3.63) is 46.0 Å². The maximum atomic E-state index is 15.3. The number of benzene rings is 1. The van der Waals surface area contributed by atoms with Crippen LogP contribution in [0.3, 0.4) is 0 Å². The molecular formula is C21H24FN3O3. The van der Waals surface area contributed by atoms with Gasteiger partial charge in [-0.3, -0.25) is 4.79 Å². The topological polar surface area (TPSA) is 74.6 Å². The second-order valence-electron chi connectivity index (χ2n) is 7.88. The number of hydrogen-bond donors (Lipinski definition) is 2. The number of anilines is 1. The molecule has 2 fully saturated rings. The highest BCUT2D eigenvalue weighted by Crippen LogP contribution is 2.42. The first-order valence-electron chi connectivity index (χ1n) is 9.58. The molecule has 1 unspecified atom stereocenters. The van der Waals surface area contributed by atoms with Crippen molar-refractivity contribution in [3.63, 3.8) is 0 Å². The fraction of sp³-hybridized carbons (Fsp3) is 0.429. The molecule has 6 nitrogen and oxygen atoms in total. The van der Waals surface area contributed by atoms with Gasteiger partial charge in [-0.05, 0) is 38.3 Å². The number of rotatable bonds is 4. The maximum absolute atomic E-state index is 15.3. The van der Waals surface area contributed by atoms with Crippen LogP contribution in [0.2, 0.25) is 0 Å². The fourth-order valence-electron chi connectivity index (χ4n) is 4.12. The summed E-state index contributed by atoms with van der Waals surface area (Å²) >= 11 is 0. The quantitative estimate of drug-likeness (QED) is 0.846. The smallest absolute Gasteiger partial charge is 0.341 e. The number of pyridine rings is 1. The van der Waals surface area contributed by atoms with Gasteiger partial charge in [-0.1, -0.05) is 6.58 Å². The second kappa shape index (κ2) is 6.74. The van der Waals surface area contributed by atoms with Gasteiger partial charge in [0.05, 0.1) is 16.6 Å². The number of carboxylic acid groups (broad SMARTS) is 1. The Labute approximate surface area is 162 Å². The van der Waals surface area contributed by atoms with E-state index >= 15 is 4.39 Å². The average Bonchev–Trinajstić information content (AvgIpc) is 3.46. The molecule has 28 heavy (non-hydrogen) atoms. The van der Waals surface area contributed by atoms with E-state index in [1.807, 2.05) is 16.4 Å². The van der Waals surface area contributed by atoms with E-state index < -0.39 is 17.2 Å². The van der Waals surface area contributed by atoms with E-state index in [-0.39, 0.29) is 23.0 Å². The van der Waals surface area contributed by atoms with Gasteiger partial charge in [0.25, 0.3) is 0 Å². The molecule has 4 rings (SSSR count). The summed E-state index contributed by atoms with van der Waals surface area (Å²) in [5, 5.41) is 12.9. The first kappa shape index (κ1) is 18.7. The lowest BCUT2D eigenvalue weighted by atomic mass is 9.98. The summed E-state index contributed by atoms with van der Waals surface area (Å²) in [6.45, 7) is 9.93. The van der Waals surface area contributed by atoms with Gasteiger partial charge < -0.3 is 19.9 Å². The van der Waals surface area contributed by atoms with E-state index in [0.717, 1.165) is 19.4 Å². The summed E-state index contributed by atoms with van der Waals surface area (Å²) in [5.74, 6) is -1.81. The van der Waals surface area contributed by atoms with Crippen molar-refractivity contribution in [2.45, 2.75) is 38.8 Å². The molecule has 0 radical (unpaired) electrons. The standard InChI is InChI=1S/C21H24FN3O3/c1-11(2)17-18-14(8-16(22)19(17)24-7-6-23-12(3)9-24)20(26)15(21(27)28)10-25(18)13-4-5-13/h8,10,12-13,23H,1,4-7,9H2,2-3H3,(H,27,28). The zero-order chi connectivity index (χ0) is 20.2. The van der Waals surface area contributed by atoms with Crippen LogP contribution in [0.25, 0.3) is 16.5 Å². The summed E-state index contributed by atoms with van der Waals surface area (Å²) in [6, 6.07) is 1.54. The Hall–Kier alpha value is -2.67. The molecule has 1 aromatic carbocycles. The Bertz CT molecular complexity index is 1060. The summed E-state index contributed by atoms with van der Waals surface area (Å²) in [6.07, 6.45) is 3.23. The Balaban J connectivity index is 2.09. The number of fused-ring (bicyclic) bond motifs is 1. The molecule has 0 amide bonds. The van der Waals surface area contributed by atoms with Crippen LogP contribution in [0.4, 0.5) is 10.1 Å². The molecule has 2 N–H and O–H groups in total. The second-order valence-corrected chi connectivity index (χ2v) is 7.88. The first-order valence-corrected chi connectivity index (χ1v) is 9.58. The average molecular weight is 385 g/mol. The predicted molar refractivity (Wildman–Crippen MR) is 108 cm³/mol. The number of carboxylic acids is 1. The highest BCUT2D eigenvalue weighted by atomic mass is 19.1. The van der Waals surface area contributed by atoms with Crippen molar-refractivity contribution in [2.75, 3.05) is 24.5 Å². The number of allylic oxidation sites excluding steroid dienone is 1. The van der Waals surface area contributed by atoms with Crippen LogP contribution >= 0.6 is 0 Å². The molecular weight excluding hydrogens is 361 g/mol. The molecule has 1 atom stereocenters. The van der Waals surface area contributed by atoms with Crippen molar-refractivity contribution < 1.29 is 14.3 Å². The van der Waals surface area contributed by atoms with E-state index in [1.54, 1.807) is 6.92 Å². The number of hydrogen-bond acceptors (Lipinski definition) is 4. The fourth-order valence-corrected chi connectivity index (χ4v) is 4.12.